The number of unbranched alkanes of at least 4 members (excludes halogenated alkanes) is 2. The van der Waals surface area contributed by atoms with Crippen molar-refractivity contribution < 1.29 is 226 Å². The molecule has 23 aliphatic heterocycles. The number of esters is 1. The average molecular weight is 2160 g/mol. The summed E-state index contributed by atoms with van der Waals surface area (Å²) in [6.45, 7) is 11.6. The van der Waals surface area contributed by atoms with Gasteiger partial charge >= 0.3 is 11.9 Å². The van der Waals surface area contributed by atoms with Gasteiger partial charge in [0.2, 0.25) is 11.8 Å². The highest BCUT2D eigenvalue weighted by molar-refractivity contribution is 7.99. The van der Waals surface area contributed by atoms with Crippen molar-refractivity contribution in [3.63, 3.8) is 0 Å². The van der Waals surface area contributed by atoms with Crippen LogP contribution in [0.2, 0.25) is 0 Å². The molecule has 44 atom stereocenters. The summed E-state index contributed by atoms with van der Waals surface area (Å²) in [4.78, 5) is 93.5. The number of aliphatic carboxylic acids is 1. The lowest BCUT2D eigenvalue weighted by atomic mass is 9.72. The number of thioether (sulfide) groups is 2. The minimum atomic E-state index is -2.31. The molecule has 146 heavy (non-hydrogen) atoms. The van der Waals surface area contributed by atoms with Crippen molar-refractivity contribution in [3.8, 4) is 0 Å². The molecule has 14 bridgehead atoms. The van der Waals surface area contributed by atoms with E-state index in [-0.39, 0.29) is 123 Å². The molecule has 23 fully saturated rings. The van der Waals surface area contributed by atoms with Crippen LogP contribution in [-0.2, 0) is 119 Å². The van der Waals surface area contributed by atoms with E-state index in [4.69, 9.17) is 96.7 Å². The molecule has 24 rings (SSSR count). The summed E-state index contributed by atoms with van der Waals surface area (Å²) < 4.78 is 106. The van der Waals surface area contributed by atoms with Gasteiger partial charge in [-0.1, -0.05) is 47.5 Å². The Balaban J connectivity index is 0.000000422. The fourth-order valence-corrected chi connectivity index (χ4v) is 22.0. The summed E-state index contributed by atoms with van der Waals surface area (Å²) >= 11 is 3.38. The van der Waals surface area contributed by atoms with E-state index in [1.165, 1.54) is 6.92 Å². The Hall–Kier alpha value is -4.56. The number of aliphatic hydroxyl groups excluding tert-OH is 20. The van der Waals surface area contributed by atoms with Gasteiger partial charge in [0, 0.05) is 66.4 Å². The molecule has 0 aromatic carbocycles. The number of carboxylic acid groups (broad SMARTS) is 1. The van der Waals surface area contributed by atoms with Crippen LogP contribution in [0.15, 0.2) is 11.0 Å². The number of nitrogens with two attached hydrogens (primary N) is 2. The number of ether oxygens (including phenoxy) is 18. The molecule has 0 radical (unpaired) electrons. The minimum absolute atomic E-state index is 0.0226. The normalized spacial score (nSPS) is 41.2. The third-order valence-corrected chi connectivity index (χ3v) is 31.4. The molecule has 2 amide bonds. The molecule has 53 heteroatoms. The van der Waals surface area contributed by atoms with Crippen molar-refractivity contribution in [1.29, 1.82) is 0 Å². The lowest BCUT2D eigenvalue weighted by Gasteiger charge is -2.50. The van der Waals surface area contributed by atoms with Crippen LogP contribution in [0.25, 0.3) is 6.08 Å². The van der Waals surface area contributed by atoms with E-state index in [1.54, 1.807) is 39.0 Å². The van der Waals surface area contributed by atoms with E-state index in [0.29, 0.717) is 19.4 Å². The highest BCUT2D eigenvalue weighted by Crippen LogP contribution is 2.47. The van der Waals surface area contributed by atoms with Gasteiger partial charge in [-0.25, -0.2) is 4.98 Å². The van der Waals surface area contributed by atoms with Crippen LogP contribution in [0.3, 0.4) is 0 Å². The number of ketones is 3. The van der Waals surface area contributed by atoms with Gasteiger partial charge < -0.3 is 209 Å². The van der Waals surface area contributed by atoms with Gasteiger partial charge in [0.25, 0.3) is 0 Å². The number of nitrogens with one attached hydrogen (secondary N) is 1. The zero-order chi connectivity index (χ0) is 107. The molecular weight excluding hydrogens is 2010 g/mol. The van der Waals surface area contributed by atoms with Gasteiger partial charge in [0.05, 0.1) is 130 Å². The number of carboxylic acids is 1. The second-order valence-electron chi connectivity index (χ2n) is 39.5. The average Bonchev–Trinajstić information content (AvgIpc) is 1.68. The molecule has 26 N–H and O–H groups in total. The maximum Gasteiger partial charge on any atom is 0.307 e. The first-order chi connectivity index (χ1) is 69.2. The van der Waals surface area contributed by atoms with Crippen LogP contribution in [-0.4, -0.2) is 487 Å². The number of epoxide rings is 1. The molecule has 23 saturated heterocycles. The molecule has 0 saturated carbocycles. The second-order valence-corrected chi connectivity index (χ2v) is 42.8. The summed E-state index contributed by atoms with van der Waals surface area (Å²) in [5.74, 6) is -7.43. The van der Waals surface area contributed by atoms with E-state index < -0.39 is 313 Å². The third-order valence-electron chi connectivity index (χ3n) is 28.2. The van der Waals surface area contributed by atoms with Crippen molar-refractivity contribution in [1.82, 2.24) is 10.3 Å². The number of carbonyl (C=O) groups is 7. The maximum absolute atomic E-state index is 13.9. The Kier molecular flexibility index (Phi) is 48.3. The quantitative estimate of drug-likeness (QED) is 0.0171. The standard InChI is InChI=1S/C60H99NO40S2.C33H53N3O6S/c1-3-21(52(61)83)16-102-18-29-50-36(74)43(81)59(93-29)98-48-27(14-65)89-55(39(77)32(48)70)95-45-24(11-62)88-54(38(76)31(45)69)96-46-26(13-64)92-58(42(80)35(46)73)101-51-30(19-103-17-22(53(84)85)10-23(68)5-7-87-9-8-86-6-4-20(2)67)94-60(44(82)37(51)75)99-49-28(15-66)90-56(40(78)33(49)71)97-47-25(12-63)91-57(100-50)41(79)34(47)72;1-20-12-11-14-33(7)27(42-33)17-25(21(2)16-24-19-43-23(4)35-24)36-28(38)18-26(37)32(5,6)31(40)22(3)30(20)41-29(39)13-9-8-10-15-34/h21-22,24-51,54-60,62-66,69-82H,3-19H2,1-2H3,(H2,61,83)(H,84,85);16,19-20,22,25-27,30,37H,8-15,17-18,34H2,1-7H3,(H,36,38)/b;21-16+/t21?,22?,24?,25?,26?,27?,28?,29?,30?,31-,32-,33-,34-,35-,36-,37-,38?,39?,40?,41?,42?,43?,44?,45-,46-,47-,48-,49-,50-,51-,54-,55-,56-,57-,58-,59-,60-;20-,22+,25-,26-,27-,30-,33+/m10/s1. The predicted octanol–water partition coefficient (Wildman–Crippen LogP) is -7.05. The first-order valence-corrected chi connectivity index (χ1v) is 52.7. The van der Waals surface area contributed by atoms with Gasteiger partial charge in [-0.05, 0) is 83.9 Å². The largest absolute Gasteiger partial charge is 0.481 e. The number of rotatable bonds is 35. The van der Waals surface area contributed by atoms with E-state index in [9.17, 15) is 141 Å². The Labute approximate surface area is 856 Å². The smallest absolute Gasteiger partial charge is 0.307 e. The molecule has 0 aliphatic carbocycles. The molecule has 1 aromatic heterocycles. The fraction of sp³-hybridized carbons (Fsp3) is 0.871. The number of nitrogens with zero attached hydrogens (tertiary/aromatic N) is 1. The number of primary amides is 1. The van der Waals surface area contributed by atoms with E-state index in [2.05, 4.69) is 17.2 Å². The third kappa shape index (κ3) is 31.9. The first-order valence-electron chi connectivity index (χ1n) is 49.5. The van der Waals surface area contributed by atoms with E-state index in [0.717, 1.165) is 71.9 Å². The molecular formula is C93H152N4O46S3. The Morgan fingerprint density at radius 1 is 0.534 bits per heavy atom. The van der Waals surface area contributed by atoms with Crippen molar-refractivity contribution in [2.24, 2.45) is 40.6 Å². The Morgan fingerprint density at radius 2 is 0.918 bits per heavy atom. The lowest BCUT2D eigenvalue weighted by Crippen LogP contribution is -2.68. The van der Waals surface area contributed by atoms with Gasteiger partial charge in [-0.2, -0.15) is 23.5 Å². The summed E-state index contributed by atoms with van der Waals surface area (Å²) in [7, 11) is 0. The van der Waals surface area contributed by atoms with Crippen LogP contribution >= 0.6 is 34.9 Å². The highest BCUT2D eigenvalue weighted by Gasteiger charge is 2.62. The molecule has 838 valence electrons. The predicted molar refractivity (Wildman–Crippen MR) is 504 cm³/mol. The highest BCUT2D eigenvalue weighted by atomic mass is 32.2. The van der Waals surface area contributed by atoms with Crippen molar-refractivity contribution in [3.05, 3.63) is 21.7 Å². The van der Waals surface area contributed by atoms with Gasteiger partial charge in [0.1, 0.15) is 182 Å². The fourth-order valence-electron chi connectivity index (χ4n) is 19.0. The van der Waals surface area contributed by atoms with E-state index >= 15 is 0 Å². The monoisotopic (exact) mass is 2160 g/mol. The number of hydrogen-bond donors (Lipinski definition) is 24. The van der Waals surface area contributed by atoms with Gasteiger partial charge in [-0.15, -0.1) is 11.3 Å². The zero-order valence-electron chi connectivity index (χ0n) is 83.0. The number of amides is 2. The molecule has 16 unspecified atom stereocenters. The Morgan fingerprint density at radius 3 is 1.27 bits per heavy atom. The number of hydrogen-bond acceptors (Lipinski definition) is 50. The zero-order valence-corrected chi connectivity index (χ0v) is 85.4. The van der Waals surface area contributed by atoms with Crippen molar-refractivity contribution >= 4 is 82.0 Å². The van der Waals surface area contributed by atoms with Gasteiger partial charge in [0.15, 0.2) is 44.0 Å². The summed E-state index contributed by atoms with van der Waals surface area (Å²) in [6.07, 6.45) is -66.6. The second kappa shape index (κ2) is 57.2. The molecule has 24 heterocycles. The number of aryl methyl sites for hydroxylation is 1. The molecule has 0 spiro atoms. The van der Waals surface area contributed by atoms with E-state index in [1.807, 2.05) is 32.2 Å². The molecule has 50 nitrogen and oxygen atoms in total. The Bertz CT molecular complexity index is 4250. The first kappa shape index (κ1) is 123. The molecule has 1 aromatic rings. The summed E-state index contributed by atoms with van der Waals surface area (Å²) in [5, 5.41) is 245. The number of aliphatic hydroxyl groups is 20. The maximum atomic E-state index is 13.9. The number of thiazole rings is 1. The SMILES string of the molecule is C/C(=C\c1csc(C)n1)[C@@H]1C[C@@H]2O[C@]2(C)CCC[C@H](C)[C@H](OC(=O)CCCCCN)[C@@H](C)C(=O)C(C)(C)[C@@H](O)CC(=O)N1.CCC(CSCC1O[C@@H]2O[C@@H]3C(CO)O[C@H](O[C@@H]4C(CO)O[C@H](O[C@@H]5C(CO)O[C@H](O[C@@H]6C(CSCC(CC(=O)CCOCCOCCC(C)=O)C(=O)O)O[C@H](O[C@@H]7C(CO)O[C@H](O[C@@H]8C(CO)O[C@H](O[C@H]1[C@H](O)C2O)C(O)[C@H]8O)C(O)[C@H]7O)C(O)[C@H]6O)C(O)[C@H]5O)C(O)[C@H]4O)C(O)[C@H]3O)C(N)=O. The lowest BCUT2D eigenvalue weighted by molar-refractivity contribution is -0.395. The number of Topliss-reactive ketones (excluding diaryl/α,β-unsaturated/α-hetero) is 3. The van der Waals surface area contributed by atoms with Gasteiger partial charge in [-0.3, -0.25) is 33.6 Å². The molecule has 23 aliphatic rings. The summed E-state index contributed by atoms with van der Waals surface area (Å²) in [6, 6.07) is -0.299. The topological polar surface area (TPSA) is 791 Å². The van der Waals surface area contributed by atoms with Crippen LogP contribution in [0.4, 0.5) is 0 Å². The summed E-state index contributed by atoms with van der Waals surface area (Å²) in [5.41, 5.74) is 11.4. The van der Waals surface area contributed by atoms with Crippen LogP contribution in [0, 0.1) is 36.0 Å². The number of carbonyl (C=O) groups excluding carboxylic acids is 6. The number of fused-ring (bicyclic) bond motifs is 1. The number of aromatic nitrogens is 1. The van der Waals surface area contributed by atoms with Crippen molar-refractivity contribution in [2.75, 3.05) is 89.0 Å². The van der Waals surface area contributed by atoms with Crippen LogP contribution in [0.1, 0.15) is 150 Å². The van der Waals surface area contributed by atoms with Crippen LogP contribution in [0.5, 0.6) is 0 Å². The van der Waals surface area contributed by atoms with Crippen molar-refractivity contribution in [2.45, 2.75) is 391 Å². The van der Waals surface area contributed by atoms with Crippen LogP contribution < -0.4 is 16.8 Å². The minimum Gasteiger partial charge on any atom is -0.481 e.